The van der Waals surface area contributed by atoms with Crippen molar-refractivity contribution in [2.75, 3.05) is 12.4 Å². The lowest BCUT2D eigenvalue weighted by molar-refractivity contribution is -0.115. The number of hydrogen-bond donors (Lipinski definition) is 1. The van der Waals surface area contributed by atoms with Gasteiger partial charge in [0.2, 0.25) is 5.91 Å². The highest BCUT2D eigenvalue weighted by Gasteiger charge is 2.11. The van der Waals surface area contributed by atoms with Crippen LogP contribution in [0.1, 0.15) is 16.7 Å². The van der Waals surface area contributed by atoms with Crippen molar-refractivity contribution in [2.24, 2.45) is 0 Å². The average molecular weight is 322 g/mol. The number of hydrogen-bond acceptors (Lipinski definition) is 2. The molecule has 22 heavy (non-hydrogen) atoms. The SMILES string of the molecule is COc1ccc(CC(=O)Nc2c(C)cc(C)cc2Cl)cc1F. The maximum Gasteiger partial charge on any atom is 0.228 e. The topological polar surface area (TPSA) is 38.3 Å². The highest BCUT2D eigenvalue weighted by atomic mass is 35.5. The number of nitrogens with one attached hydrogen (secondary N) is 1. The van der Waals surface area contributed by atoms with Crippen LogP contribution < -0.4 is 10.1 Å². The summed E-state index contributed by atoms with van der Waals surface area (Å²) in [5.74, 6) is -0.586. The van der Waals surface area contributed by atoms with Crippen LogP contribution in [0.3, 0.4) is 0 Å². The van der Waals surface area contributed by atoms with Crippen molar-refractivity contribution in [2.45, 2.75) is 20.3 Å². The molecule has 0 saturated heterocycles. The Morgan fingerprint density at radius 2 is 2.00 bits per heavy atom. The Balaban J connectivity index is 2.12. The summed E-state index contributed by atoms with van der Waals surface area (Å²) >= 11 is 6.16. The van der Waals surface area contributed by atoms with Gasteiger partial charge >= 0.3 is 0 Å². The Labute approximate surface area is 134 Å². The fourth-order valence-electron chi connectivity index (χ4n) is 2.26. The Hall–Kier alpha value is -2.07. The predicted molar refractivity (Wildman–Crippen MR) is 86.2 cm³/mol. The van der Waals surface area contributed by atoms with Crippen molar-refractivity contribution in [3.8, 4) is 5.75 Å². The molecule has 2 aromatic rings. The molecule has 0 heterocycles. The molecule has 0 unspecified atom stereocenters. The third-order valence-corrected chi connectivity index (χ3v) is 3.58. The van der Waals surface area contributed by atoms with Gasteiger partial charge in [-0.25, -0.2) is 4.39 Å². The van der Waals surface area contributed by atoms with E-state index in [1.165, 1.54) is 19.2 Å². The van der Waals surface area contributed by atoms with Crippen molar-refractivity contribution in [1.29, 1.82) is 0 Å². The van der Waals surface area contributed by atoms with Crippen LogP contribution in [-0.2, 0) is 11.2 Å². The first kappa shape index (κ1) is 16.3. The molecule has 0 atom stereocenters. The zero-order valence-electron chi connectivity index (χ0n) is 12.7. The van der Waals surface area contributed by atoms with E-state index in [1.54, 1.807) is 12.1 Å². The van der Waals surface area contributed by atoms with E-state index in [4.69, 9.17) is 16.3 Å². The van der Waals surface area contributed by atoms with E-state index in [1.807, 2.05) is 19.9 Å². The number of halogens is 2. The monoisotopic (exact) mass is 321 g/mol. The molecule has 0 radical (unpaired) electrons. The average Bonchev–Trinajstić information content (AvgIpc) is 2.43. The molecule has 2 rings (SSSR count). The first-order valence-corrected chi connectivity index (χ1v) is 7.17. The molecule has 0 fully saturated rings. The maximum absolute atomic E-state index is 13.6. The third-order valence-electron chi connectivity index (χ3n) is 3.28. The predicted octanol–water partition coefficient (Wildman–Crippen LogP) is 4.29. The van der Waals surface area contributed by atoms with Crippen molar-refractivity contribution in [3.63, 3.8) is 0 Å². The van der Waals surface area contributed by atoms with Crippen molar-refractivity contribution >= 4 is 23.2 Å². The Morgan fingerprint density at radius 3 is 2.59 bits per heavy atom. The van der Waals surface area contributed by atoms with Gasteiger partial charge in [-0.15, -0.1) is 0 Å². The molecule has 0 aliphatic rings. The second-order valence-electron chi connectivity index (χ2n) is 5.13. The minimum absolute atomic E-state index is 0.0601. The maximum atomic E-state index is 13.6. The van der Waals surface area contributed by atoms with Crippen LogP contribution in [0.5, 0.6) is 5.75 Å². The van der Waals surface area contributed by atoms with Gasteiger partial charge in [0, 0.05) is 0 Å². The van der Waals surface area contributed by atoms with E-state index in [-0.39, 0.29) is 18.1 Å². The van der Waals surface area contributed by atoms with Gasteiger partial charge in [0.25, 0.3) is 0 Å². The molecule has 1 amide bonds. The zero-order valence-corrected chi connectivity index (χ0v) is 13.4. The molecule has 0 aromatic heterocycles. The summed E-state index contributed by atoms with van der Waals surface area (Å²) in [6.07, 6.45) is 0.0601. The minimum Gasteiger partial charge on any atom is -0.494 e. The number of aryl methyl sites for hydroxylation is 2. The van der Waals surface area contributed by atoms with E-state index in [0.29, 0.717) is 16.3 Å². The van der Waals surface area contributed by atoms with Gasteiger partial charge in [0.1, 0.15) is 0 Å². The van der Waals surface area contributed by atoms with Crippen LogP contribution in [-0.4, -0.2) is 13.0 Å². The Morgan fingerprint density at radius 1 is 1.27 bits per heavy atom. The molecule has 0 aliphatic carbocycles. The molecule has 1 N–H and O–H groups in total. The second-order valence-corrected chi connectivity index (χ2v) is 5.54. The van der Waals surface area contributed by atoms with Gasteiger partial charge in [-0.3, -0.25) is 4.79 Å². The van der Waals surface area contributed by atoms with Crippen LogP contribution >= 0.6 is 11.6 Å². The lowest BCUT2D eigenvalue weighted by atomic mass is 10.1. The highest BCUT2D eigenvalue weighted by molar-refractivity contribution is 6.34. The summed E-state index contributed by atoms with van der Waals surface area (Å²) in [6.45, 7) is 3.81. The number of benzene rings is 2. The molecule has 2 aromatic carbocycles. The minimum atomic E-state index is -0.489. The number of methoxy groups -OCH3 is 1. The number of anilines is 1. The van der Waals surface area contributed by atoms with Gasteiger partial charge in [-0.05, 0) is 48.7 Å². The first-order valence-electron chi connectivity index (χ1n) is 6.79. The molecule has 5 heteroatoms. The number of carbonyl (C=O) groups is 1. The fraction of sp³-hybridized carbons (Fsp3) is 0.235. The van der Waals surface area contributed by atoms with E-state index in [0.717, 1.165) is 11.1 Å². The van der Waals surface area contributed by atoms with Crippen molar-refractivity contribution in [3.05, 3.63) is 57.9 Å². The summed E-state index contributed by atoms with van der Waals surface area (Å²) in [5, 5.41) is 3.27. The number of amides is 1. The second kappa shape index (κ2) is 6.79. The van der Waals surface area contributed by atoms with Gasteiger partial charge in [0.15, 0.2) is 11.6 Å². The molecule has 0 bridgehead atoms. The lowest BCUT2D eigenvalue weighted by Gasteiger charge is -2.12. The van der Waals surface area contributed by atoms with E-state index < -0.39 is 5.82 Å². The van der Waals surface area contributed by atoms with E-state index in [9.17, 15) is 9.18 Å². The lowest BCUT2D eigenvalue weighted by Crippen LogP contribution is -2.15. The normalized spacial score (nSPS) is 10.4. The summed E-state index contributed by atoms with van der Waals surface area (Å²) in [6, 6.07) is 8.18. The highest BCUT2D eigenvalue weighted by Crippen LogP contribution is 2.27. The molecule has 116 valence electrons. The Bertz CT molecular complexity index is 693. The smallest absolute Gasteiger partial charge is 0.228 e. The molecular weight excluding hydrogens is 305 g/mol. The van der Waals surface area contributed by atoms with Crippen molar-refractivity contribution < 1.29 is 13.9 Å². The van der Waals surface area contributed by atoms with Gasteiger partial charge in [-0.1, -0.05) is 23.7 Å². The molecule has 0 aliphatic heterocycles. The number of rotatable bonds is 4. The summed E-state index contributed by atoms with van der Waals surface area (Å²) in [5.41, 5.74) is 3.07. The zero-order chi connectivity index (χ0) is 16.3. The van der Waals surface area contributed by atoms with Gasteiger partial charge in [0.05, 0.1) is 24.2 Å². The summed E-state index contributed by atoms with van der Waals surface area (Å²) < 4.78 is 18.5. The van der Waals surface area contributed by atoms with E-state index in [2.05, 4.69) is 5.32 Å². The summed E-state index contributed by atoms with van der Waals surface area (Å²) in [7, 11) is 1.40. The van der Waals surface area contributed by atoms with Gasteiger partial charge < -0.3 is 10.1 Å². The molecule has 0 spiro atoms. The fourth-order valence-corrected chi connectivity index (χ4v) is 2.63. The van der Waals surface area contributed by atoms with Crippen LogP contribution in [0.4, 0.5) is 10.1 Å². The van der Waals surface area contributed by atoms with E-state index >= 15 is 0 Å². The first-order chi connectivity index (χ1) is 10.4. The Kier molecular flexibility index (Phi) is 5.03. The molecule has 3 nitrogen and oxygen atoms in total. The third kappa shape index (κ3) is 3.77. The molecular formula is C17H17ClFNO2. The quantitative estimate of drug-likeness (QED) is 0.912. The van der Waals surface area contributed by atoms with Crippen LogP contribution in [0.15, 0.2) is 30.3 Å². The van der Waals surface area contributed by atoms with Crippen LogP contribution in [0, 0.1) is 19.7 Å². The number of ether oxygens (including phenoxy) is 1. The standard InChI is InChI=1S/C17H17ClFNO2/c1-10-6-11(2)17(13(18)7-10)20-16(21)9-12-4-5-15(22-3)14(19)8-12/h4-8H,9H2,1-3H3,(H,20,21). The molecule has 0 saturated carbocycles. The summed E-state index contributed by atoms with van der Waals surface area (Å²) in [4.78, 5) is 12.1. The van der Waals surface area contributed by atoms with Crippen LogP contribution in [0.2, 0.25) is 5.02 Å². The number of carbonyl (C=O) groups excluding carboxylic acids is 1. The van der Waals surface area contributed by atoms with Crippen LogP contribution in [0.25, 0.3) is 0 Å². The largest absolute Gasteiger partial charge is 0.494 e. The van der Waals surface area contributed by atoms with Gasteiger partial charge in [-0.2, -0.15) is 0 Å². The van der Waals surface area contributed by atoms with Crippen molar-refractivity contribution in [1.82, 2.24) is 0 Å².